The molecule has 0 atom stereocenters. The molecule has 1 radical (unpaired) electrons. The highest BCUT2D eigenvalue weighted by atomic mass is 28.3. The lowest BCUT2D eigenvalue weighted by Gasteiger charge is -2.38. The normalized spacial score (nSPS) is 12.9. The summed E-state index contributed by atoms with van der Waals surface area (Å²) >= 11 is 0. The number of nitrogens with zero attached hydrogens (tertiary/aromatic N) is 1. The Balaban J connectivity index is 2.89. The second-order valence-electron chi connectivity index (χ2n) is 6.60. The van der Waals surface area contributed by atoms with Crippen LogP contribution in [0.1, 0.15) is 41.5 Å². The average Bonchev–Trinajstić information content (AvgIpc) is 2.12. The SMILES string of the molecule is CC(C)(C)[SiH]([N]c1ccccc1)C(C)(C)C. The second kappa shape index (κ2) is 4.62. The van der Waals surface area contributed by atoms with Crippen LogP contribution in [-0.2, 0) is 0 Å². The molecule has 2 heteroatoms. The van der Waals surface area contributed by atoms with Crippen LogP contribution in [0.5, 0.6) is 0 Å². The van der Waals surface area contributed by atoms with Crippen molar-refractivity contribution in [3.63, 3.8) is 0 Å². The van der Waals surface area contributed by atoms with Crippen LogP contribution in [0.3, 0.4) is 0 Å². The quantitative estimate of drug-likeness (QED) is 0.679. The van der Waals surface area contributed by atoms with Crippen molar-refractivity contribution in [3.05, 3.63) is 30.3 Å². The van der Waals surface area contributed by atoms with E-state index in [1.165, 1.54) is 0 Å². The van der Waals surface area contributed by atoms with Gasteiger partial charge in [0.15, 0.2) is 8.96 Å². The Bertz CT molecular complexity index is 305. The first-order valence-corrected chi connectivity index (χ1v) is 7.64. The van der Waals surface area contributed by atoms with Gasteiger partial charge in [-0.15, -0.1) is 0 Å². The van der Waals surface area contributed by atoms with Crippen molar-refractivity contribution in [1.29, 1.82) is 0 Å². The molecule has 0 aliphatic rings. The number of rotatable bonds is 2. The lowest BCUT2D eigenvalue weighted by atomic mass is 10.2. The van der Waals surface area contributed by atoms with E-state index in [1.54, 1.807) is 0 Å². The van der Waals surface area contributed by atoms with Gasteiger partial charge < -0.3 is 4.98 Å². The maximum absolute atomic E-state index is 5.04. The van der Waals surface area contributed by atoms with Gasteiger partial charge in [0.1, 0.15) is 0 Å². The maximum Gasteiger partial charge on any atom is 0.177 e. The van der Waals surface area contributed by atoms with Gasteiger partial charge in [0, 0.05) is 5.69 Å². The van der Waals surface area contributed by atoms with Crippen LogP contribution in [0.4, 0.5) is 5.69 Å². The van der Waals surface area contributed by atoms with Crippen molar-refractivity contribution in [2.75, 3.05) is 0 Å². The first kappa shape index (κ1) is 13.3. The summed E-state index contributed by atoms with van der Waals surface area (Å²) in [5.74, 6) is 0. The Kier molecular flexibility index (Phi) is 3.84. The first-order valence-electron chi connectivity index (χ1n) is 5.97. The van der Waals surface area contributed by atoms with E-state index >= 15 is 0 Å². The molecule has 0 heterocycles. The second-order valence-corrected chi connectivity index (χ2v) is 11.1. The molecule has 0 aliphatic carbocycles. The Morgan fingerprint density at radius 3 is 1.62 bits per heavy atom. The van der Waals surface area contributed by atoms with Gasteiger partial charge in [0.25, 0.3) is 0 Å². The number of para-hydroxylation sites is 1. The van der Waals surface area contributed by atoms with Crippen LogP contribution in [0.2, 0.25) is 10.1 Å². The smallest absolute Gasteiger partial charge is 0.177 e. The van der Waals surface area contributed by atoms with Crippen LogP contribution in [-0.4, -0.2) is 8.96 Å². The van der Waals surface area contributed by atoms with Gasteiger partial charge in [-0.2, -0.15) is 0 Å². The van der Waals surface area contributed by atoms with E-state index in [4.69, 9.17) is 4.98 Å². The van der Waals surface area contributed by atoms with Crippen molar-refractivity contribution in [1.82, 2.24) is 4.98 Å². The number of hydrogen-bond acceptors (Lipinski definition) is 0. The molecule has 89 valence electrons. The largest absolute Gasteiger partial charge is 0.324 e. The van der Waals surface area contributed by atoms with Gasteiger partial charge in [-0.25, -0.2) is 0 Å². The summed E-state index contributed by atoms with van der Waals surface area (Å²) in [5.41, 5.74) is 1.14. The van der Waals surface area contributed by atoms with Crippen molar-refractivity contribution in [3.8, 4) is 0 Å². The summed E-state index contributed by atoms with van der Waals surface area (Å²) in [7, 11) is -1.21. The molecule has 0 saturated heterocycles. The molecule has 0 unspecified atom stereocenters. The molecule has 0 spiro atoms. The third kappa shape index (κ3) is 3.67. The van der Waals surface area contributed by atoms with E-state index < -0.39 is 8.96 Å². The molecule has 0 saturated carbocycles. The standard InChI is InChI=1S/C14H24NSi/c1-13(2,3)16(14(4,5)6)15-12-10-8-7-9-11-12/h7-11,16H,1-6H3. The predicted octanol–water partition coefficient (Wildman–Crippen LogP) is 4.25. The van der Waals surface area contributed by atoms with Crippen LogP contribution in [0, 0.1) is 0 Å². The summed E-state index contributed by atoms with van der Waals surface area (Å²) in [6, 6.07) is 10.4. The van der Waals surface area contributed by atoms with Crippen LogP contribution in [0.25, 0.3) is 0 Å². The third-order valence-corrected chi connectivity index (χ3v) is 6.51. The van der Waals surface area contributed by atoms with Crippen molar-refractivity contribution < 1.29 is 0 Å². The van der Waals surface area contributed by atoms with Crippen LogP contribution < -0.4 is 4.98 Å². The fourth-order valence-corrected chi connectivity index (χ4v) is 6.19. The average molecular weight is 234 g/mol. The fourth-order valence-electron chi connectivity index (χ4n) is 2.35. The molecule has 0 amide bonds. The zero-order valence-corrected chi connectivity index (χ0v) is 12.6. The minimum Gasteiger partial charge on any atom is -0.324 e. The molecule has 1 aromatic rings. The number of benzene rings is 1. The number of hydrogen-bond donors (Lipinski definition) is 0. The summed E-state index contributed by atoms with van der Waals surface area (Å²) in [6.45, 7) is 13.9. The summed E-state index contributed by atoms with van der Waals surface area (Å²) < 4.78 is 0. The van der Waals surface area contributed by atoms with Gasteiger partial charge >= 0.3 is 0 Å². The highest BCUT2D eigenvalue weighted by molar-refractivity contribution is 6.63. The van der Waals surface area contributed by atoms with E-state index in [0.717, 1.165) is 5.69 Å². The zero-order chi connectivity index (χ0) is 12.4. The molecular weight excluding hydrogens is 210 g/mol. The molecule has 0 bridgehead atoms. The fraction of sp³-hybridized carbons (Fsp3) is 0.571. The van der Waals surface area contributed by atoms with Crippen molar-refractivity contribution >= 4 is 14.6 Å². The lowest BCUT2D eigenvalue weighted by Crippen LogP contribution is -2.42. The van der Waals surface area contributed by atoms with Crippen LogP contribution >= 0.6 is 0 Å². The van der Waals surface area contributed by atoms with Crippen molar-refractivity contribution in [2.24, 2.45) is 0 Å². The minimum atomic E-state index is -1.21. The summed E-state index contributed by atoms with van der Waals surface area (Å²) in [6.07, 6.45) is 0. The van der Waals surface area contributed by atoms with Crippen molar-refractivity contribution in [2.45, 2.75) is 51.6 Å². The summed E-state index contributed by atoms with van der Waals surface area (Å²) in [5, 5.41) is 0.655. The van der Waals surface area contributed by atoms with E-state index in [-0.39, 0.29) is 0 Å². The molecule has 0 aliphatic heterocycles. The highest BCUT2D eigenvalue weighted by Crippen LogP contribution is 2.42. The van der Waals surface area contributed by atoms with Gasteiger partial charge in [-0.3, -0.25) is 0 Å². The molecule has 1 aromatic carbocycles. The van der Waals surface area contributed by atoms with E-state index in [0.29, 0.717) is 10.1 Å². The Morgan fingerprint density at radius 1 is 0.812 bits per heavy atom. The molecule has 0 aromatic heterocycles. The van der Waals surface area contributed by atoms with Gasteiger partial charge in [-0.05, 0) is 22.2 Å². The monoisotopic (exact) mass is 234 g/mol. The Morgan fingerprint density at radius 2 is 1.25 bits per heavy atom. The van der Waals surface area contributed by atoms with E-state index in [2.05, 4.69) is 65.8 Å². The van der Waals surface area contributed by atoms with E-state index in [1.807, 2.05) is 6.07 Å². The van der Waals surface area contributed by atoms with E-state index in [9.17, 15) is 0 Å². The molecule has 1 rings (SSSR count). The van der Waals surface area contributed by atoms with Gasteiger partial charge in [-0.1, -0.05) is 59.7 Å². The molecule has 0 N–H and O–H groups in total. The topological polar surface area (TPSA) is 14.1 Å². The minimum absolute atomic E-state index is 0.327. The zero-order valence-electron chi connectivity index (χ0n) is 11.4. The van der Waals surface area contributed by atoms with Gasteiger partial charge in [0.2, 0.25) is 0 Å². The predicted molar refractivity (Wildman–Crippen MR) is 74.8 cm³/mol. The Labute approximate surface area is 102 Å². The molecule has 1 nitrogen and oxygen atoms in total. The maximum atomic E-state index is 5.04. The first-order chi connectivity index (χ1) is 7.21. The summed E-state index contributed by atoms with van der Waals surface area (Å²) in [4.78, 5) is 5.04. The van der Waals surface area contributed by atoms with Crippen LogP contribution in [0.15, 0.2) is 30.3 Å². The Hall–Kier alpha value is -0.763. The molecular formula is C14H24NSi. The third-order valence-electron chi connectivity index (χ3n) is 2.67. The molecule has 16 heavy (non-hydrogen) atoms. The highest BCUT2D eigenvalue weighted by Gasteiger charge is 2.38. The van der Waals surface area contributed by atoms with Gasteiger partial charge in [0.05, 0.1) is 0 Å². The molecule has 0 fully saturated rings. The lowest BCUT2D eigenvalue weighted by molar-refractivity contribution is 0.628.